The van der Waals surface area contributed by atoms with Gasteiger partial charge in [-0.25, -0.2) is 0 Å². The zero-order valence-corrected chi connectivity index (χ0v) is 15.0. The lowest BCUT2D eigenvalue weighted by atomic mass is 10.0. The Bertz CT molecular complexity index is 875. The van der Waals surface area contributed by atoms with Crippen molar-refractivity contribution in [3.05, 3.63) is 65.3 Å². The molecule has 134 valence electrons. The summed E-state index contributed by atoms with van der Waals surface area (Å²) in [4.78, 5) is 20.3. The van der Waals surface area contributed by atoms with Gasteiger partial charge in [-0.2, -0.15) is 4.98 Å². The summed E-state index contributed by atoms with van der Waals surface area (Å²) < 4.78 is 5.21. The number of nitrogens with one attached hydrogen (secondary N) is 1. The van der Waals surface area contributed by atoms with Crippen LogP contribution in [0.2, 0.25) is 0 Å². The second-order valence-corrected chi connectivity index (χ2v) is 6.28. The first-order valence-electron chi connectivity index (χ1n) is 8.67. The van der Waals surface area contributed by atoms with Crippen molar-refractivity contribution in [2.75, 3.05) is 6.54 Å². The molecule has 3 aromatic rings. The van der Waals surface area contributed by atoms with Crippen LogP contribution in [0.25, 0.3) is 11.4 Å². The highest BCUT2D eigenvalue weighted by molar-refractivity contribution is 5.76. The molecule has 6 nitrogen and oxygen atoms in total. The number of hydrogen-bond donors (Lipinski definition) is 1. The minimum atomic E-state index is -0.0153. The van der Waals surface area contributed by atoms with E-state index in [9.17, 15) is 4.79 Å². The molecule has 0 saturated heterocycles. The molecule has 0 aliphatic carbocycles. The Hall–Kier alpha value is -3.02. The molecule has 0 atom stereocenters. The third kappa shape index (κ3) is 4.75. The van der Waals surface area contributed by atoms with E-state index in [1.165, 1.54) is 16.7 Å². The molecule has 0 spiro atoms. The van der Waals surface area contributed by atoms with E-state index in [-0.39, 0.29) is 5.91 Å². The van der Waals surface area contributed by atoms with Crippen molar-refractivity contribution in [2.24, 2.45) is 0 Å². The number of rotatable bonds is 7. The van der Waals surface area contributed by atoms with Crippen LogP contribution in [0, 0.1) is 13.8 Å². The van der Waals surface area contributed by atoms with Gasteiger partial charge in [-0.05, 0) is 43.5 Å². The predicted molar refractivity (Wildman–Crippen MR) is 98.5 cm³/mol. The summed E-state index contributed by atoms with van der Waals surface area (Å²) in [5.41, 5.74) is 4.61. The molecule has 0 aliphatic rings. The Kier molecular flexibility index (Phi) is 5.73. The van der Waals surface area contributed by atoms with Gasteiger partial charge in [0, 0.05) is 37.3 Å². The highest BCUT2D eigenvalue weighted by Gasteiger charge is 2.10. The molecule has 26 heavy (non-hydrogen) atoms. The average molecular weight is 350 g/mol. The topological polar surface area (TPSA) is 80.9 Å². The van der Waals surface area contributed by atoms with Crippen LogP contribution in [0.1, 0.15) is 29.0 Å². The fraction of sp³-hybridized carbons (Fsp3) is 0.300. The molecule has 6 heteroatoms. The number of pyridine rings is 1. The predicted octanol–water partition coefficient (Wildman–Crippen LogP) is 3.04. The molecular weight excluding hydrogens is 328 g/mol. The summed E-state index contributed by atoms with van der Waals surface area (Å²) in [7, 11) is 0. The summed E-state index contributed by atoms with van der Waals surface area (Å²) in [5, 5.41) is 6.88. The zero-order chi connectivity index (χ0) is 18.4. The first kappa shape index (κ1) is 17.8. The Morgan fingerprint density at radius 3 is 2.69 bits per heavy atom. The summed E-state index contributed by atoms with van der Waals surface area (Å²) >= 11 is 0. The molecule has 0 fully saturated rings. The molecule has 0 unspecified atom stereocenters. The van der Waals surface area contributed by atoms with Crippen LogP contribution in [-0.2, 0) is 17.6 Å². The van der Waals surface area contributed by atoms with E-state index >= 15 is 0 Å². The number of amides is 1. The van der Waals surface area contributed by atoms with Crippen LogP contribution in [0.4, 0.5) is 0 Å². The van der Waals surface area contributed by atoms with E-state index in [0.717, 1.165) is 12.0 Å². The smallest absolute Gasteiger partial charge is 0.227 e. The van der Waals surface area contributed by atoms with Gasteiger partial charge in [0.1, 0.15) is 0 Å². The molecule has 1 amide bonds. The van der Waals surface area contributed by atoms with E-state index < -0.39 is 0 Å². The number of nitrogens with zero attached hydrogens (tertiary/aromatic N) is 3. The number of aryl methyl sites for hydroxylation is 3. The normalized spacial score (nSPS) is 10.7. The summed E-state index contributed by atoms with van der Waals surface area (Å²) in [6, 6.07) is 10.0. The van der Waals surface area contributed by atoms with Gasteiger partial charge in [0.25, 0.3) is 0 Å². The zero-order valence-electron chi connectivity index (χ0n) is 15.0. The van der Waals surface area contributed by atoms with Gasteiger partial charge in [0.15, 0.2) is 0 Å². The Balaban J connectivity index is 1.44. The van der Waals surface area contributed by atoms with Crippen molar-refractivity contribution >= 4 is 5.91 Å². The highest BCUT2D eigenvalue weighted by Crippen LogP contribution is 2.14. The van der Waals surface area contributed by atoms with E-state index in [2.05, 4.69) is 52.5 Å². The lowest BCUT2D eigenvalue weighted by Crippen LogP contribution is -2.26. The summed E-state index contributed by atoms with van der Waals surface area (Å²) in [6.45, 7) is 4.80. The molecule has 2 heterocycles. The second kappa shape index (κ2) is 8.38. The third-order valence-corrected chi connectivity index (χ3v) is 4.19. The van der Waals surface area contributed by atoms with E-state index in [0.29, 0.717) is 31.1 Å². The van der Waals surface area contributed by atoms with Crippen LogP contribution in [0.15, 0.2) is 47.2 Å². The van der Waals surface area contributed by atoms with Crippen molar-refractivity contribution in [1.29, 1.82) is 0 Å². The van der Waals surface area contributed by atoms with Gasteiger partial charge in [0.05, 0.1) is 0 Å². The molecule has 3 rings (SSSR count). The van der Waals surface area contributed by atoms with Crippen molar-refractivity contribution < 1.29 is 9.32 Å². The second-order valence-electron chi connectivity index (χ2n) is 6.28. The maximum absolute atomic E-state index is 12.0. The van der Waals surface area contributed by atoms with Crippen LogP contribution in [0.5, 0.6) is 0 Å². The Labute approximate surface area is 152 Å². The number of carbonyl (C=O) groups excluding carboxylic acids is 1. The Morgan fingerprint density at radius 2 is 1.92 bits per heavy atom. The minimum absolute atomic E-state index is 0.0153. The van der Waals surface area contributed by atoms with Gasteiger partial charge in [-0.1, -0.05) is 28.9 Å². The third-order valence-electron chi connectivity index (χ3n) is 4.19. The monoisotopic (exact) mass is 350 g/mol. The van der Waals surface area contributed by atoms with Crippen LogP contribution in [0.3, 0.4) is 0 Å². The largest absolute Gasteiger partial charge is 0.356 e. The summed E-state index contributed by atoms with van der Waals surface area (Å²) in [6.07, 6.45) is 4.92. The van der Waals surface area contributed by atoms with Crippen molar-refractivity contribution in [3.8, 4) is 11.4 Å². The Morgan fingerprint density at radius 1 is 1.12 bits per heavy atom. The van der Waals surface area contributed by atoms with Gasteiger partial charge in [0.2, 0.25) is 17.6 Å². The molecule has 1 aromatic carbocycles. The lowest BCUT2D eigenvalue weighted by molar-refractivity contribution is -0.121. The van der Waals surface area contributed by atoms with Gasteiger partial charge in [-0.15, -0.1) is 0 Å². The standard InChI is InChI=1S/C20H22N4O2/c1-14-3-4-16(15(2)13-14)9-12-22-18(25)5-6-19-23-20(24-26-19)17-7-10-21-11-8-17/h3-4,7-8,10-11,13H,5-6,9,12H2,1-2H3,(H,22,25). The number of hydrogen-bond acceptors (Lipinski definition) is 5. The molecule has 1 N–H and O–H groups in total. The summed E-state index contributed by atoms with van der Waals surface area (Å²) in [5.74, 6) is 0.956. The molecular formula is C20H22N4O2. The van der Waals surface area contributed by atoms with Gasteiger partial charge >= 0.3 is 0 Å². The van der Waals surface area contributed by atoms with Crippen molar-refractivity contribution in [1.82, 2.24) is 20.4 Å². The highest BCUT2D eigenvalue weighted by atomic mass is 16.5. The maximum Gasteiger partial charge on any atom is 0.227 e. The van der Waals surface area contributed by atoms with Crippen LogP contribution in [-0.4, -0.2) is 27.6 Å². The number of aromatic nitrogens is 3. The quantitative estimate of drug-likeness (QED) is 0.708. The van der Waals surface area contributed by atoms with Crippen LogP contribution < -0.4 is 5.32 Å². The molecule has 0 saturated carbocycles. The molecule has 0 radical (unpaired) electrons. The molecule has 0 bridgehead atoms. The van der Waals surface area contributed by atoms with E-state index in [4.69, 9.17) is 4.52 Å². The lowest BCUT2D eigenvalue weighted by Gasteiger charge is -2.08. The fourth-order valence-electron chi connectivity index (χ4n) is 2.75. The average Bonchev–Trinajstić information content (AvgIpc) is 3.12. The van der Waals surface area contributed by atoms with Crippen LogP contribution >= 0.6 is 0 Å². The fourth-order valence-corrected chi connectivity index (χ4v) is 2.75. The van der Waals surface area contributed by atoms with E-state index in [1.54, 1.807) is 12.4 Å². The van der Waals surface area contributed by atoms with E-state index in [1.807, 2.05) is 12.1 Å². The van der Waals surface area contributed by atoms with Gasteiger partial charge < -0.3 is 9.84 Å². The maximum atomic E-state index is 12.0. The van der Waals surface area contributed by atoms with Crippen molar-refractivity contribution in [3.63, 3.8) is 0 Å². The number of benzene rings is 1. The minimum Gasteiger partial charge on any atom is -0.356 e. The van der Waals surface area contributed by atoms with Crippen molar-refractivity contribution in [2.45, 2.75) is 33.1 Å². The first-order valence-corrected chi connectivity index (χ1v) is 8.67. The molecule has 0 aliphatic heterocycles. The SMILES string of the molecule is Cc1ccc(CCNC(=O)CCc2nc(-c3ccncc3)no2)c(C)c1. The first-order chi connectivity index (χ1) is 12.6. The number of carbonyl (C=O) groups is 1. The molecule has 2 aromatic heterocycles. The van der Waals surface area contributed by atoms with Gasteiger partial charge in [-0.3, -0.25) is 9.78 Å².